The highest BCUT2D eigenvalue weighted by molar-refractivity contribution is 5.24. The first-order valence-corrected chi connectivity index (χ1v) is 8.09. The molecule has 0 saturated heterocycles. The summed E-state index contributed by atoms with van der Waals surface area (Å²) in [6.45, 7) is 6.44. The quantitative estimate of drug-likeness (QED) is 0.866. The lowest BCUT2D eigenvalue weighted by molar-refractivity contribution is -0.0700. The van der Waals surface area contributed by atoms with Gasteiger partial charge < -0.3 is 10.5 Å². The molecule has 4 atom stereocenters. The molecule has 0 amide bonds. The van der Waals surface area contributed by atoms with Crippen molar-refractivity contribution in [3.63, 3.8) is 0 Å². The van der Waals surface area contributed by atoms with Gasteiger partial charge in [0.05, 0.1) is 12.2 Å². The molecule has 0 aromatic heterocycles. The summed E-state index contributed by atoms with van der Waals surface area (Å²) in [7, 11) is 0. The first-order chi connectivity index (χ1) is 9.61. The molecule has 2 heteroatoms. The van der Waals surface area contributed by atoms with Crippen LogP contribution in [0, 0.1) is 12.8 Å². The summed E-state index contributed by atoms with van der Waals surface area (Å²) in [5, 5.41) is 0. The van der Waals surface area contributed by atoms with Crippen LogP contribution in [0.5, 0.6) is 0 Å². The summed E-state index contributed by atoms with van der Waals surface area (Å²) in [6, 6.07) is 8.64. The van der Waals surface area contributed by atoms with Gasteiger partial charge >= 0.3 is 0 Å². The van der Waals surface area contributed by atoms with Gasteiger partial charge in [0.2, 0.25) is 0 Å². The van der Waals surface area contributed by atoms with E-state index in [4.69, 9.17) is 10.5 Å². The maximum atomic E-state index is 6.46. The van der Waals surface area contributed by atoms with Crippen molar-refractivity contribution in [3.05, 3.63) is 35.4 Å². The lowest BCUT2D eigenvalue weighted by Crippen LogP contribution is -2.35. The molecule has 1 aliphatic carbocycles. The standard InChI is InChI=1S/C18H29NO/c1-4-15-7-5-6-8-17(15)20-18(14(3)19)16-11-9-13(2)10-12-16/h9-12,14-15,17-18H,4-8,19H2,1-3H3. The molecule has 1 aromatic rings. The zero-order valence-electron chi connectivity index (χ0n) is 13.1. The van der Waals surface area contributed by atoms with E-state index in [0.29, 0.717) is 12.0 Å². The third kappa shape index (κ3) is 3.83. The summed E-state index contributed by atoms with van der Waals surface area (Å²) in [6.07, 6.45) is 6.75. The molecule has 0 bridgehead atoms. The Balaban J connectivity index is 2.10. The molecule has 1 aliphatic rings. The Morgan fingerprint density at radius 3 is 2.45 bits per heavy atom. The zero-order valence-corrected chi connectivity index (χ0v) is 13.1. The third-order valence-electron chi connectivity index (χ3n) is 4.57. The number of hydrogen-bond acceptors (Lipinski definition) is 2. The van der Waals surface area contributed by atoms with Gasteiger partial charge in [-0.15, -0.1) is 0 Å². The van der Waals surface area contributed by atoms with Crippen molar-refractivity contribution in [2.45, 2.75) is 71.1 Å². The molecule has 20 heavy (non-hydrogen) atoms. The van der Waals surface area contributed by atoms with Gasteiger partial charge in [-0.05, 0) is 38.2 Å². The van der Waals surface area contributed by atoms with Crippen LogP contribution < -0.4 is 5.73 Å². The molecule has 2 rings (SSSR count). The number of benzene rings is 1. The van der Waals surface area contributed by atoms with Crippen molar-refractivity contribution in [2.75, 3.05) is 0 Å². The summed E-state index contributed by atoms with van der Waals surface area (Å²) >= 11 is 0. The van der Waals surface area contributed by atoms with Crippen molar-refractivity contribution >= 4 is 0 Å². The molecule has 4 unspecified atom stereocenters. The van der Waals surface area contributed by atoms with E-state index in [0.717, 1.165) is 0 Å². The van der Waals surface area contributed by atoms with Gasteiger partial charge in [-0.3, -0.25) is 0 Å². The lowest BCUT2D eigenvalue weighted by atomic mass is 9.84. The van der Waals surface area contributed by atoms with Crippen molar-refractivity contribution in [1.29, 1.82) is 0 Å². The first-order valence-electron chi connectivity index (χ1n) is 8.09. The highest BCUT2D eigenvalue weighted by Gasteiger charge is 2.29. The molecule has 0 aliphatic heterocycles. The van der Waals surface area contributed by atoms with Gasteiger partial charge in [-0.25, -0.2) is 0 Å². The van der Waals surface area contributed by atoms with E-state index < -0.39 is 0 Å². The van der Waals surface area contributed by atoms with E-state index in [2.05, 4.69) is 38.1 Å². The van der Waals surface area contributed by atoms with Crippen molar-refractivity contribution in [3.8, 4) is 0 Å². The Morgan fingerprint density at radius 1 is 1.20 bits per heavy atom. The van der Waals surface area contributed by atoms with Crippen LogP contribution in [-0.4, -0.2) is 12.1 Å². The molecular formula is C18H29NO. The van der Waals surface area contributed by atoms with Crippen LogP contribution in [0.4, 0.5) is 0 Å². The van der Waals surface area contributed by atoms with E-state index in [9.17, 15) is 0 Å². The minimum absolute atomic E-state index is 0.0211. The predicted molar refractivity (Wildman–Crippen MR) is 84.7 cm³/mol. The van der Waals surface area contributed by atoms with Gasteiger partial charge in [-0.2, -0.15) is 0 Å². The Labute approximate surface area is 123 Å². The summed E-state index contributed by atoms with van der Waals surface area (Å²) in [5.74, 6) is 0.704. The normalized spacial score (nSPS) is 26.2. The smallest absolute Gasteiger partial charge is 0.0976 e. The molecule has 0 spiro atoms. The van der Waals surface area contributed by atoms with E-state index >= 15 is 0 Å². The summed E-state index contributed by atoms with van der Waals surface area (Å²) in [5.41, 5.74) is 8.68. The largest absolute Gasteiger partial charge is 0.368 e. The molecule has 0 heterocycles. The fourth-order valence-electron chi connectivity index (χ4n) is 3.27. The van der Waals surface area contributed by atoms with Gasteiger partial charge in [0.25, 0.3) is 0 Å². The van der Waals surface area contributed by atoms with Gasteiger partial charge in [0.1, 0.15) is 0 Å². The predicted octanol–water partition coefficient (Wildman–Crippen LogP) is 4.37. The Morgan fingerprint density at radius 2 is 1.85 bits per heavy atom. The van der Waals surface area contributed by atoms with Crippen LogP contribution in [0.1, 0.15) is 63.2 Å². The summed E-state index contributed by atoms with van der Waals surface area (Å²) < 4.78 is 6.46. The Kier molecular flexibility index (Phi) is 5.62. The Hall–Kier alpha value is -0.860. The van der Waals surface area contributed by atoms with Crippen LogP contribution in [0.2, 0.25) is 0 Å². The SMILES string of the molecule is CCC1CCCCC1OC(c1ccc(C)cc1)C(C)N. The molecule has 1 saturated carbocycles. The molecule has 1 fully saturated rings. The number of rotatable bonds is 5. The fourth-order valence-corrected chi connectivity index (χ4v) is 3.27. The second kappa shape index (κ2) is 7.24. The first kappa shape index (κ1) is 15.5. The zero-order chi connectivity index (χ0) is 14.5. The molecular weight excluding hydrogens is 246 g/mol. The minimum Gasteiger partial charge on any atom is -0.368 e. The van der Waals surface area contributed by atoms with Crippen molar-refractivity contribution in [2.24, 2.45) is 11.7 Å². The maximum absolute atomic E-state index is 6.46. The van der Waals surface area contributed by atoms with E-state index in [1.54, 1.807) is 0 Å². The second-order valence-electron chi connectivity index (χ2n) is 6.32. The minimum atomic E-state index is 0.0211. The topological polar surface area (TPSA) is 35.2 Å². The number of aryl methyl sites for hydroxylation is 1. The number of hydrogen-bond donors (Lipinski definition) is 1. The summed E-state index contributed by atoms with van der Waals surface area (Å²) in [4.78, 5) is 0. The number of ether oxygens (including phenoxy) is 1. The van der Waals surface area contributed by atoms with Crippen LogP contribution in [0.3, 0.4) is 0 Å². The highest BCUT2D eigenvalue weighted by Crippen LogP contribution is 2.33. The van der Waals surface area contributed by atoms with Crippen LogP contribution in [-0.2, 0) is 4.74 Å². The molecule has 1 aromatic carbocycles. The van der Waals surface area contributed by atoms with Gasteiger partial charge in [0, 0.05) is 6.04 Å². The van der Waals surface area contributed by atoms with Gasteiger partial charge in [0.15, 0.2) is 0 Å². The number of nitrogens with two attached hydrogens (primary N) is 1. The molecule has 2 N–H and O–H groups in total. The third-order valence-corrected chi connectivity index (χ3v) is 4.57. The Bertz CT molecular complexity index is 398. The maximum Gasteiger partial charge on any atom is 0.0976 e. The van der Waals surface area contributed by atoms with Crippen LogP contribution >= 0.6 is 0 Å². The molecule has 0 radical (unpaired) electrons. The van der Waals surface area contributed by atoms with E-state index in [1.807, 2.05) is 6.92 Å². The second-order valence-corrected chi connectivity index (χ2v) is 6.32. The molecule has 2 nitrogen and oxygen atoms in total. The average Bonchev–Trinajstić information content (AvgIpc) is 2.46. The fraction of sp³-hybridized carbons (Fsp3) is 0.667. The van der Waals surface area contributed by atoms with E-state index in [1.165, 1.54) is 43.2 Å². The van der Waals surface area contributed by atoms with E-state index in [-0.39, 0.29) is 12.1 Å². The van der Waals surface area contributed by atoms with Crippen LogP contribution in [0.25, 0.3) is 0 Å². The average molecular weight is 275 g/mol. The van der Waals surface area contributed by atoms with Crippen LogP contribution in [0.15, 0.2) is 24.3 Å². The highest BCUT2D eigenvalue weighted by atomic mass is 16.5. The monoisotopic (exact) mass is 275 g/mol. The van der Waals surface area contributed by atoms with Gasteiger partial charge in [-0.1, -0.05) is 56.0 Å². The lowest BCUT2D eigenvalue weighted by Gasteiger charge is -2.35. The van der Waals surface area contributed by atoms with Crippen molar-refractivity contribution in [1.82, 2.24) is 0 Å². The van der Waals surface area contributed by atoms with Crippen molar-refractivity contribution < 1.29 is 4.74 Å². The molecule has 112 valence electrons.